The number of thioether (sulfide) groups is 1. The van der Waals surface area contributed by atoms with E-state index >= 15 is 0 Å². The zero-order valence-electron chi connectivity index (χ0n) is 14.2. The maximum atomic E-state index is 11.0. The van der Waals surface area contributed by atoms with Gasteiger partial charge in [-0.05, 0) is 49.2 Å². The number of carbonyl (C=O) groups excluding carboxylic acids is 1. The normalized spacial score (nSPS) is 11.8. The molecule has 2 aromatic carbocycles. The van der Waals surface area contributed by atoms with Gasteiger partial charge in [0.1, 0.15) is 12.4 Å². The van der Waals surface area contributed by atoms with E-state index in [1.165, 1.54) is 6.92 Å². The van der Waals surface area contributed by atoms with Gasteiger partial charge in [0, 0.05) is 23.3 Å². The Bertz CT molecular complexity index is 665. The maximum absolute atomic E-state index is 11.0. The van der Waals surface area contributed by atoms with E-state index < -0.39 is 6.10 Å². The van der Waals surface area contributed by atoms with E-state index in [-0.39, 0.29) is 12.5 Å². The Morgan fingerprint density at radius 1 is 1.17 bits per heavy atom. The Kier molecular flexibility index (Phi) is 6.70. The van der Waals surface area contributed by atoms with Crippen LogP contribution in [-0.2, 0) is 4.79 Å². The van der Waals surface area contributed by atoms with Gasteiger partial charge in [-0.15, -0.1) is 11.8 Å². The van der Waals surface area contributed by atoms with Gasteiger partial charge in [0.2, 0.25) is 5.91 Å². The van der Waals surface area contributed by atoms with Gasteiger partial charge in [0.15, 0.2) is 0 Å². The number of para-hydroxylation sites is 1. The molecular weight excluding hydrogens is 322 g/mol. The Morgan fingerprint density at radius 3 is 2.38 bits per heavy atom. The highest BCUT2D eigenvalue weighted by Gasteiger charge is 2.09. The number of nitrogens with one attached hydrogen (secondary N) is 1. The van der Waals surface area contributed by atoms with E-state index in [1.54, 1.807) is 11.8 Å². The summed E-state index contributed by atoms with van der Waals surface area (Å²) in [6.07, 6.45) is -0.552. The molecule has 0 saturated carbocycles. The van der Waals surface area contributed by atoms with Crippen LogP contribution in [0.25, 0.3) is 0 Å². The topological polar surface area (TPSA) is 58.6 Å². The van der Waals surface area contributed by atoms with Crippen molar-refractivity contribution in [1.82, 2.24) is 0 Å². The number of aliphatic hydroxyl groups is 1. The Hall–Kier alpha value is -1.98. The van der Waals surface area contributed by atoms with Crippen molar-refractivity contribution in [3.8, 4) is 5.75 Å². The van der Waals surface area contributed by atoms with E-state index in [2.05, 4.69) is 5.32 Å². The molecule has 0 radical (unpaired) electrons. The third-order valence-corrected chi connectivity index (χ3v) is 4.60. The number of ether oxygens (including phenoxy) is 1. The Morgan fingerprint density at radius 2 is 1.79 bits per heavy atom. The summed E-state index contributed by atoms with van der Waals surface area (Å²) < 4.78 is 5.77. The van der Waals surface area contributed by atoms with Crippen LogP contribution in [0.15, 0.2) is 47.4 Å². The van der Waals surface area contributed by atoms with Gasteiger partial charge < -0.3 is 15.2 Å². The fourth-order valence-electron chi connectivity index (χ4n) is 2.28. The molecule has 128 valence electrons. The first-order valence-corrected chi connectivity index (χ1v) is 8.82. The molecule has 0 aromatic heterocycles. The van der Waals surface area contributed by atoms with E-state index in [9.17, 15) is 9.90 Å². The second-order valence-electron chi connectivity index (χ2n) is 5.70. The summed E-state index contributed by atoms with van der Waals surface area (Å²) in [6, 6.07) is 13.5. The SMILES string of the molecule is CC(=O)Nc1ccc(SCC(O)COc2c(C)cccc2C)cc1. The number of carbonyl (C=O) groups is 1. The Labute approximate surface area is 147 Å². The van der Waals surface area contributed by atoms with Crippen LogP contribution in [0.4, 0.5) is 5.69 Å². The fourth-order valence-corrected chi connectivity index (χ4v) is 3.09. The first-order valence-electron chi connectivity index (χ1n) is 7.83. The molecule has 0 aliphatic rings. The van der Waals surface area contributed by atoms with Crippen molar-refractivity contribution < 1.29 is 14.6 Å². The highest BCUT2D eigenvalue weighted by Crippen LogP contribution is 2.24. The van der Waals surface area contributed by atoms with Crippen molar-refractivity contribution in [2.45, 2.75) is 31.8 Å². The average Bonchev–Trinajstić information content (AvgIpc) is 2.53. The molecule has 0 aliphatic carbocycles. The van der Waals surface area contributed by atoms with Gasteiger partial charge in [-0.2, -0.15) is 0 Å². The lowest BCUT2D eigenvalue weighted by Crippen LogP contribution is -2.20. The number of rotatable bonds is 7. The fraction of sp³-hybridized carbons (Fsp3) is 0.316. The summed E-state index contributed by atoms with van der Waals surface area (Å²) in [4.78, 5) is 12.0. The van der Waals surface area contributed by atoms with Gasteiger partial charge in [0.05, 0.1) is 6.10 Å². The van der Waals surface area contributed by atoms with Gasteiger partial charge in [0.25, 0.3) is 0 Å². The van der Waals surface area contributed by atoms with Crippen LogP contribution in [0.3, 0.4) is 0 Å². The predicted molar refractivity (Wildman–Crippen MR) is 98.9 cm³/mol. The largest absolute Gasteiger partial charge is 0.490 e. The molecule has 0 saturated heterocycles. The number of benzene rings is 2. The zero-order valence-corrected chi connectivity index (χ0v) is 15.0. The minimum atomic E-state index is -0.552. The Balaban J connectivity index is 1.80. The monoisotopic (exact) mass is 345 g/mol. The summed E-state index contributed by atoms with van der Waals surface area (Å²) in [5, 5.41) is 12.9. The number of hydrogen-bond donors (Lipinski definition) is 2. The van der Waals surface area contributed by atoms with Crippen LogP contribution < -0.4 is 10.1 Å². The van der Waals surface area contributed by atoms with Gasteiger partial charge in [-0.1, -0.05) is 18.2 Å². The first-order chi connectivity index (χ1) is 11.5. The molecule has 1 atom stereocenters. The minimum Gasteiger partial charge on any atom is -0.490 e. The van der Waals surface area contributed by atoms with E-state index in [1.807, 2.05) is 56.3 Å². The molecule has 1 amide bonds. The summed E-state index contributed by atoms with van der Waals surface area (Å²) >= 11 is 1.56. The molecule has 4 nitrogen and oxygen atoms in total. The van der Waals surface area contributed by atoms with Crippen molar-refractivity contribution in [2.24, 2.45) is 0 Å². The number of aryl methyl sites for hydroxylation is 2. The molecule has 0 aliphatic heterocycles. The third kappa shape index (κ3) is 5.58. The van der Waals surface area contributed by atoms with Crippen molar-refractivity contribution in [1.29, 1.82) is 0 Å². The van der Waals surface area contributed by atoms with Crippen molar-refractivity contribution in [3.05, 3.63) is 53.6 Å². The molecule has 5 heteroatoms. The van der Waals surface area contributed by atoms with Crippen molar-refractivity contribution >= 4 is 23.4 Å². The molecule has 0 fully saturated rings. The molecule has 0 heterocycles. The first kappa shape index (κ1) is 18.4. The van der Waals surface area contributed by atoms with Crippen LogP contribution in [0, 0.1) is 13.8 Å². The second-order valence-corrected chi connectivity index (χ2v) is 6.80. The quantitative estimate of drug-likeness (QED) is 0.750. The maximum Gasteiger partial charge on any atom is 0.221 e. The number of hydrogen-bond acceptors (Lipinski definition) is 4. The minimum absolute atomic E-state index is 0.0885. The molecule has 2 rings (SSSR count). The van der Waals surface area contributed by atoms with Gasteiger partial charge in [-0.3, -0.25) is 4.79 Å². The highest BCUT2D eigenvalue weighted by molar-refractivity contribution is 7.99. The standard InChI is InChI=1S/C19H23NO3S/c1-13-5-4-6-14(2)19(13)23-11-17(22)12-24-18-9-7-16(8-10-18)20-15(3)21/h4-10,17,22H,11-12H2,1-3H3,(H,20,21). The van der Waals surface area contributed by atoms with Crippen LogP contribution in [-0.4, -0.2) is 29.5 Å². The van der Waals surface area contributed by atoms with Crippen molar-refractivity contribution in [3.63, 3.8) is 0 Å². The van der Waals surface area contributed by atoms with E-state index in [0.29, 0.717) is 5.75 Å². The third-order valence-electron chi connectivity index (χ3n) is 3.45. The van der Waals surface area contributed by atoms with Crippen molar-refractivity contribution in [2.75, 3.05) is 17.7 Å². The highest BCUT2D eigenvalue weighted by atomic mass is 32.2. The number of anilines is 1. The molecule has 24 heavy (non-hydrogen) atoms. The molecule has 1 unspecified atom stereocenters. The van der Waals surface area contributed by atoms with Crippen LogP contribution in [0.2, 0.25) is 0 Å². The number of aliphatic hydroxyl groups excluding tert-OH is 1. The lowest BCUT2D eigenvalue weighted by Gasteiger charge is -2.15. The average molecular weight is 345 g/mol. The van der Waals surface area contributed by atoms with Gasteiger partial charge in [-0.25, -0.2) is 0 Å². The zero-order chi connectivity index (χ0) is 17.5. The molecule has 0 spiro atoms. The van der Waals surface area contributed by atoms with Gasteiger partial charge >= 0.3 is 0 Å². The number of amides is 1. The summed E-state index contributed by atoms with van der Waals surface area (Å²) in [7, 11) is 0. The molecule has 2 aromatic rings. The molecular formula is C19H23NO3S. The lowest BCUT2D eigenvalue weighted by molar-refractivity contribution is -0.114. The summed E-state index contributed by atoms with van der Waals surface area (Å²) in [6.45, 7) is 5.75. The smallest absolute Gasteiger partial charge is 0.221 e. The lowest BCUT2D eigenvalue weighted by atomic mass is 10.1. The summed E-state index contributed by atoms with van der Waals surface area (Å²) in [5.74, 6) is 1.31. The van der Waals surface area contributed by atoms with Crippen LogP contribution >= 0.6 is 11.8 Å². The van der Waals surface area contributed by atoms with Crippen LogP contribution in [0.1, 0.15) is 18.1 Å². The van der Waals surface area contributed by atoms with E-state index in [0.717, 1.165) is 27.5 Å². The molecule has 2 N–H and O–H groups in total. The molecule has 0 bridgehead atoms. The summed E-state index contributed by atoms with van der Waals surface area (Å²) in [5.41, 5.74) is 2.91. The second kappa shape index (κ2) is 8.76. The van der Waals surface area contributed by atoms with E-state index in [4.69, 9.17) is 4.74 Å². The predicted octanol–water partition coefficient (Wildman–Crippen LogP) is 3.79. The van der Waals surface area contributed by atoms with Crippen LogP contribution in [0.5, 0.6) is 5.75 Å².